The molecule has 0 aliphatic rings. The first-order valence-electron chi connectivity index (χ1n) is 11.8. The second-order valence-corrected chi connectivity index (χ2v) is 9.38. The van der Waals surface area contributed by atoms with Crippen molar-refractivity contribution in [3.63, 3.8) is 0 Å². The SMILES string of the molecule is COC[C@H](C)n1c(C)cc(C(=O)COC(=O)c2c(C)c(-c3cccc(Cl)c3)nc3ccccc23)c1C. The zero-order chi connectivity index (χ0) is 26.0. The van der Waals surface area contributed by atoms with E-state index in [2.05, 4.69) is 4.57 Å². The molecular weight excluding hydrogens is 476 g/mol. The molecule has 0 fully saturated rings. The molecule has 36 heavy (non-hydrogen) atoms. The fraction of sp³-hybridized carbons (Fsp3) is 0.276. The Morgan fingerprint density at radius 2 is 1.81 bits per heavy atom. The molecule has 0 spiro atoms. The molecule has 0 amide bonds. The Hall–Kier alpha value is -3.48. The number of aryl methyl sites for hydroxylation is 1. The van der Waals surface area contributed by atoms with Crippen molar-refractivity contribution < 1.29 is 19.1 Å². The summed E-state index contributed by atoms with van der Waals surface area (Å²) < 4.78 is 12.9. The summed E-state index contributed by atoms with van der Waals surface area (Å²) in [6.07, 6.45) is 0. The fourth-order valence-electron chi connectivity index (χ4n) is 4.82. The lowest BCUT2D eigenvalue weighted by molar-refractivity contribution is 0.0475. The van der Waals surface area contributed by atoms with Crippen molar-refractivity contribution >= 4 is 34.3 Å². The van der Waals surface area contributed by atoms with Gasteiger partial charge in [0.2, 0.25) is 5.78 Å². The average Bonchev–Trinajstić information content (AvgIpc) is 3.15. The monoisotopic (exact) mass is 504 g/mol. The molecule has 186 valence electrons. The predicted molar refractivity (Wildman–Crippen MR) is 142 cm³/mol. The van der Waals surface area contributed by atoms with E-state index >= 15 is 0 Å². The smallest absolute Gasteiger partial charge is 0.339 e. The fourth-order valence-corrected chi connectivity index (χ4v) is 5.01. The number of pyridine rings is 1. The molecule has 2 heterocycles. The summed E-state index contributed by atoms with van der Waals surface area (Å²) in [6.45, 7) is 7.88. The summed E-state index contributed by atoms with van der Waals surface area (Å²) in [5.74, 6) is -0.817. The van der Waals surface area contributed by atoms with Crippen molar-refractivity contribution in [1.29, 1.82) is 0 Å². The van der Waals surface area contributed by atoms with Gasteiger partial charge in [0, 0.05) is 40.0 Å². The molecule has 0 unspecified atom stereocenters. The minimum absolute atomic E-state index is 0.0786. The number of fused-ring (bicyclic) bond motifs is 1. The lowest BCUT2D eigenvalue weighted by atomic mass is 9.98. The second kappa shape index (κ2) is 10.6. The van der Waals surface area contributed by atoms with Gasteiger partial charge in [-0.3, -0.25) is 4.79 Å². The van der Waals surface area contributed by atoms with E-state index in [9.17, 15) is 9.59 Å². The molecule has 2 aromatic carbocycles. The second-order valence-electron chi connectivity index (χ2n) is 8.95. The number of ketones is 1. The van der Waals surface area contributed by atoms with Crippen LogP contribution < -0.4 is 0 Å². The molecule has 0 aliphatic heterocycles. The van der Waals surface area contributed by atoms with Gasteiger partial charge in [0.25, 0.3) is 0 Å². The summed E-state index contributed by atoms with van der Waals surface area (Å²) in [4.78, 5) is 31.2. The van der Waals surface area contributed by atoms with Crippen LogP contribution in [0.1, 0.15) is 50.6 Å². The molecule has 4 aromatic rings. The van der Waals surface area contributed by atoms with Crippen molar-refractivity contribution in [3.05, 3.63) is 87.7 Å². The highest BCUT2D eigenvalue weighted by molar-refractivity contribution is 6.30. The molecule has 4 rings (SSSR count). The maximum absolute atomic E-state index is 13.4. The van der Waals surface area contributed by atoms with Crippen molar-refractivity contribution in [2.45, 2.75) is 33.7 Å². The number of esters is 1. The zero-order valence-corrected chi connectivity index (χ0v) is 21.8. The number of carbonyl (C=O) groups is 2. The van der Waals surface area contributed by atoms with E-state index in [-0.39, 0.29) is 18.4 Å². The molecule has 0 saturated heterocycles. The van der Waals surface area contributed by atoms with E-state index in [1.807, 2.05) is 76.2 Å². The largest absolute Gasteiger partial charge is 0.454 e. The molecule has 0 saturated carbocycles. The number of methoxy groups -OCH3 is 1. The van der Waals surface area contributed by atoms with Crippen LogP contribution in [0, 0.1) is 20.8 Å². The van der Waals surface area contributed by atoms with Gasteiger partial charge in [-0.15, -0.1) is 0 Å². The molecule has 2 aromatic heterocycles. The van der Waals surface area contributed by atoms with Crippen molar-refractivity contribution in [3.8, 4) is 11.3 Å². The summed E-state index contributed by atoms with van der Waals surface area (Å²) in [5, 5.41) is 1.25. The van der Waals surface area contributed by atoms with E-state index in [1.165, 1.54) is 0 Å². The number of aromatic nitrogens is 2. The predicted octanol–water partition coefficient (Wildman–Crippen LogP) is 6.53. The van der Waals surface area contributed by atoms with E-state index in [0.29, 0.717) is 44.9 Å². The van der Waals surface area contributed by atoms with Crippen LogP contribution in [0.2, 0.25) is 5.02 Å². The van der Waals surface area contributed by atoms with Crippen molar-refractivity contribution in [1.82, 2.24) is 9.55 Å². The van der Waals surface area contributed by atoms with Gasteiger partial charge in [-0.05, 0) is 57.5 Å². The molecule has 7 heteroatoms. The molecule has 0 aliphatic carbocycles. The van der Waals surface area contributed by atoms with Crippen LogP contribution in [-0.4, -0.2) is 41.6 Å². The van der Waals surface area contributed by atoms with Crippen LogP contribution in [-0.2, 0) is 9.47 Å². The maximum Gasteiger partial charge on any atom is 0.339 e. The average molecular weight is 505 g/mol. The van der Waals surface area contributed by atoms with Gasteiger partial charge in [0.15, 0.2) is 6.61 Å². The molecule has 1 atom stereocenters. The Bertz CT molecular complexity index is 1460. The first-order chi connectivity index (χ1) is 17.2. The number of nitrogens with zero attached hydrogens (tertiary/aromatic N) is 2. The Morgan fingerprint density at radius 1 is 1.06 bits per heavy atom. The Kier molecular flexibility index (Phi) is 7.57. The quantitative estimate of drug-likeness (QED) is 0.201. The van der Waals surface area contributed by atoms with E-state index in [4.69, 9.17) is 26.1 Å². The standard InChI is InChI=1S/C29H29ClN2O4/c1-17-13-24(20(4)32(17)18(2)15-35-5)26(33)16-36-29(34)27-19(3)28(21-9-8-10-22(30)14-21)31-25-12-7-6-11-23(25)27/h6-14,18H,15-16H2,1-5H3/t18-/m0/s1. The minimum atomic E-state index is -0.565. The lowest BCUT2D eigenvalue weighted by Gasteiger charge is -2.17. The highest BCUT2D eigenvalue weighted by atomic mass is 35.5. The maximum atomic E-state index is 13.4. The minimum Gasteiger partial charge on any atom is -0.454 e. The zero-order valence-electron chi connectivity index (χ0n) is 21.1. The summed E-state index contributed by atoms with van der Waals surface area (Å²) >= 11 is 6.21. The third-order valence-electron chi connectivity index (χ3n) is 6.41. The molecule has 0 radical (unpaired) electrons. The Morgan fingerprint density at radius 3 is 2.53 bits per heavy atom. The van der Waals surface area contributed by atoms with Crippen LogP contribution in [0.25, 0.3) is 22.2 Å². The van der Waals surface area contributed by atoms with Gasteiger partial charge in [0.1, 0.15) is 0 Å². The van der Waals surface area contributed by atoms with Crippen LogP contribution >= 0.6 is 11.6 Å². The van der Waals surface area contributed by atoms with Gasteiger partial charge >= 0.3 is 5.97 Å². The summed E-state index contributed by atoms with van der Waals surface area (Å²) in [7, 11) is 1.65. The lowest BCUT2D eigenvalue weighted by Crippen LogP contribution is -2.18. The molecule has 0 N–H and O–H groups in total. The number of benzene rings is 2. The van der Waals surface area contributed by atoms with Crippen LogP contribution in [0.5, 0.6) is 0 Å². The first kappa shape index (κ1) is 25.6. The van der Waals surface area contributed by atoms with Gasteiger partial charge in [-0.25, -0.2) is 9.78 Å². The number of ether oxygens (including phenoxy) is 2. The van der Waals surface area contributed by atoms with Crippen molar-refractivity contribution in [2.24, 2.45) is 0 Å². The highest BCUT2D eigenvalue weighted by Gasteiger charge is 2.23. The number of halogens is 1. The normalized spacial score (nSPS) is 12.1. The third kappa shape index (κ3) is 4.92. The number of rotatable bonds is 8. The van der Waals surface area contributed by atoms with E-state index < -0.39 is 5.97 Å². The van der Waals surface area contributed by atoms with Gasteiger partial charge in [-0.2, -0.15) is 0 Å². The topological polar surface area (TPSA) is 70.4 Å². The number of Topliss-reactive ketones (excluding diaryl/α,β-unsaturated/α-hetero) is 1. The number of hydrogen-bond acceptors (Lipinski definition) is 5. The van der Waals surface area contributed by atoms with E-state index in [0.717, 1.165) is 17.0 Å². The number of carbonyl (C=O) groups excluding carboxylic acids is 2. The van der Waals surface area contributed by atoms with Gasteiger partial charge in [-0.1, -0.05) is 41.9 Å². The Labute approximate surface area is 215 Å². The Balaban J connectivity index is 1.65. The molecule has 0 bridgehead atoms. The van der Waals surface area contributed by atoms with Crippen LogP contribution in [0.15, 0.2) is 54.6 Å². The highest BCUT2D eigenvalue weighted by Crippen LogP contribution is 2.31. The number of hydrogen-bond donors (Lipinski definition) is 0. The number of para-hydroxylation sites is 1. The van der Waals surface area contributed by atoms with Gasteiger partial charge in [0.05, 0.1) is 29.4 Å². The molecule has 6 nitrogen and oxygen atoms in total. The van der Waals surface area contributed by atoms with Crippen LogP contribution in [0.3, 0.4) is 0 Å². The van der Waals surface area contributed by atoms with Crippen LogP contribution in [0.4, 0.5) is 0 Å². The first-order valence-corrected chi connectivity index (χ1v) is 12.1. The van der Waals surface area contributed by atoms with E-state index in [1.54, 1.807) is 13.2 Å². The third-order valence-corrected chi connectivity index (χ3v) is 6.64. The van der Waals surface area contributed by atoms with Gasteiger partial charge < -0.3 is 14.0 Å². The summed E-state index contributed by atoms with van der Waals surface area (Å²) in [5.41, 5.74) is 5.48. The molecular formula is C29H29ClN2O4. The summed E-state index contributed by atoms with van der Waals surface area (Å²) in [6, 6.07) is 16.6. The van der Waals surface area contributed by atoms with Crippen molar-refractivity contribution in [2.75, 3.05) is 20.3 Å².